The van der Waals surface area contributed by atoms with Crippen LogP contribution in [-0.2, 0) is 9.53 Å². The van der Waals surface area contributed by atoms with Crippen LogP contribution in [0.4, 0.5) is 0 Å². The molecular weight excluding hydrogens is 322 g/mol. The highest BCUT2D eigenvalue weighted by molar-refractivity contribution is 5.95. The van der Waals surface area contributed by atoms with Crippen molar-refractivity contribution in [2.75, 3.05) is 19.8 Å². The summed E-state index contributed by atoms with van der Waals surface area (Å²) >= 11 is 0. The number of aryl methyl sites for hydroxylation is 2. The van der Waals surface area contributed by atoms with E-state index in [0.29, 0.717) is 24.5 Å². The van der Waals surface area contributed by atoms with Gasteiger partial charge in [0.25, 0.3) is 5.91 Å². The van der Waals surface area contributed by atoms with E-state index in [9.17, 15) is 9.59 Å². The van der Waals surface area contributed by atoms with Gasteiger partial charge in [0.2, 0.25) is 0 Å². The second-order valence-electron chi connectivity index (χ2n) is 6.88. The minimum Gasteiger partial charge on any atom is -0.481 e. The Morgan fingerprint density at radius 3 is 2.60 bits per heavy atom. The van der Waals surface area contributed by atoms with Gasteiger partial charge in [-0.25, -0.2) is 4.79 Å². The molecule has 0 aromatic heterocycles. The van der Waals surface area contributed by atoms with Gasteiger partial charge in [0.05, 0.1) is 18.8 Å². The van der Waals surface area contributed by atoms with Gasteiger partial charge in [-0.2, -0.15) is 0 Å². The van der Waals surface area contributed by atoms with Crippen LogP contribution < -0.4 is 4.74 Å². The highest BCUT2D eigenvalue weighted by atomic mass is 16.5. The smallest absolute Gasteiger partial charge is 0.341 e. The zero-order chi connectivity index (χ0) is 18.0. The topological polar surface area (TPSA) is 76.1 Å². The molecule has 2 atom stereocenters. The molecule has 1 aliphatic heterocycles. The number of carbonyl (C=O) groups is 2. The Morgan fingerprint density at radius 2 is 1.92 bits per heavy atom. The van der Waals surface area contributed by atoms with Crippen LogP contribution in [0.25, 0.3) is 0 Å². The van der Waals surface area contributed by atoms with Crippen molar-refractivity contribution in [3.05, 3.63) is 28.8 Å². The standard InChI is InChI=1S/C19H25NO5/c1-12-9-14(10-13(2)18(12)25-11-17(21)22)19(23)20-7-8-24-16-6-4-3-5-15(16)20/h9-10,15-16H,3-8,11H2,1-2H3,(H,21,22). The van der Waals surface area contributed by atoms with Crippen molar-refractivity contribution in [3.8, 4) is 5.75 Å². The molecule has 1 N–H and O–H groups in total. The molecule has 1 amide bonds. The molecule has 2 unspecified atom stereocenters. The predicted molar refractivity (Wildman–Crippen MR) is 92.1 cm³/mol. The van der Waals surface area contributed by atoms with Crippen LogP contribution in [0.15, 0.2) is 12.1 Å². The summed E-state index contributed by atoms with van der Waals surface area (Å²) < 4.78 is 11.2. The van der Waals surface area contributed by atoms with Crippen molar-refractivity contribution in [1.82, 2.24) is 4.90 Å². The number of morpholine rings is 1. The number of carbonyl (C=O) groups excluding carboxylic acids is 1. The molecule has 1 aromatic rings. The number of benzene rings is 1. The number of nitrogens with zero attached hydrogens (tertiary/aromatic N) is 1. The van der Waals surface area contributed by atoms with Crippen molar-refractivity contribution < 1.29 is 24.2 Å². The first-order valence-corrected chi connectivity index (χ1v) is 8.86. The molecule has 1 saturated heterocycles. The summed E-state index contributed by atoms with van der Waals surface area (Å²) in [6.45, 7) is 4.50. The molecule has 6 nitrogen and oxygen atoms in total. The van der Waals surface area contributed by atoms with Crippen molar-refractivity contribution in [1.29, 1.82) is 0 Å². The van der Waals surface area contributed by atoms with Crippen LogP contribution in [0.5, 0.6) is 5.75 Å². The van der Waals surface area contributed by atoms with Gasteiger partial charge in [0, 0.05) is 12.1 Å². The Labute approximate surface area is 147 Å². The van der Waals surface area contributed by atoms with Crippen LogP contribution in [0.3, 0.4) is 0 Å². The van der Waals surface area contributed by atoms with Crippen molar-refractivity contribution in [2.24, 2.45) is 0 Å². The SMILES string of the molecule is Cc1cc(C(=O)N2CCOC3CCCCC32)cc(C)c1OCC(=O)O. The molecule has 1 saturated carbocycles. The zero-order valence-corrected chi connectivity index (χ0v) is 14.8. The molecular formula is C19H25NO5. The van der Waals surface area contributed by atoms with Gasteiger partial charge in [0.1, 0.15) is 5.75 Å². The van der Waals surface area contributed by atoms with Gasteiger partial charge in [0.15, 0.2) is 6.61 Å². The Morgan fingerprint density at radius 1 is 1.24 bits per heavy atom. The summed E-state index contributed by atoms with van der Waals surface area (Å²) in [6, 6.07) is 3.75. The maximum absolute atomic E-state index is 13.1. The first kappa shape index (κ1) is 17.7. The molecule has 0 spiro atoms. The highest BCUT2D eigenvalue weighted by Crippen LogP contribution is 2.31. The molecule has 1 aromatic carbocycles. The molecule has 0 radical (unpaired) electrons. The molecule has 1 heterocycles. The van der Waals surface area contributed by atoms with Crippen LogP contribution in [0, 0.1) is 13.8 Å². The van der Waals surface area contributed by atoms with Gasteiger partial charge in [-0.3, -0.25) is 4.79 Å². The third kappa shape index (κ3) is 3.79. The minimum absolute atomic E-state index is 0.0242. The van der Waals surface area contributed by atoms with Crippen molar-refractivity contribution in [2.45, 2.75) is 51.7 Å². The number of hydrogen-bond donors (Lipinski definition) is 1. The van der Waals surface area contributed by atoms with Crippen molar-refractivity contribution >= 4 is 11.9 Å². The highest BCUT2D eigenvalue weighted by Gasteiger charge is 2.37. The summed E-state index contributed by atoms with van der Waals surface area (Å²) in [7, 11) is 0. The third-order valence-corrected chi connectivity index (χ3v) is 5.04. The third-order valence-electron chi connectivity index (χ3n) is 5.04. The van der Waals surface area contributed by atoms with Crippen LogP contribution in [0.2, 0.25) is 0 Å². The summed E-state index contributed by atoms with van der Waals surface area (Å²) in [5.74, 6) is -0.455. The lowest BCUT2D eigenvalue weighted by Gasteiger charge is -2.43. The average molecular weight is 347 g/mol. The van der Waals surface area contributed by atoms with Crippen molar-refractivity contribution in [3.63, 3.8) is 0 Å². The number of amides is 1. The second-order valence-corrected chi connectivity index (χ2v) is 6.88. The Hall–Kier alpha value is -2.08. The first-order chi connectivity index (χ1) is 12.0. The Bertz CT molecular complexity index is 647. The molecule has 6 heteroatoms. The molecule has 0 bridgehead atoms. The zero-order valence-electron chi connectivity index (χ0n) is 14.8. The van der Waals surface area contributed by atoms with Gasteiger partial charge >= 0.3 is 5.97 Å². The van der Waals surface area contributed by atoms with Crippen LogP contribution in [-0.4, -0.2) is 53.8 Å². The maximum Gasteiger partial charge on any atom is 0.341 e. The number of ether oxygens (including phenoxy) is 2. The monoisotopic (exact) mass is 347 g/mol. The second kappa shape index (κ2) is 7.44. The fraction of sp³-hybridized carbons (Fsp3) is 0.579. The molecule has 136 valence electrons. The number of carboxylic acids is 1. The fourth-order valence-electron chi connectivity index (χ4n) is 3.95. The molecule has 2 fully saturated rings. The van der Waals surface area contributed by atoms with E-state index in [1.54, 1.807) is 12.1 Å². The quantitative estimate of drug-likeness (QED) is 0.906. The molecule has 3 rings (SSSR count). The Balaban J connectivity index is 1.80. The first-order valence-electron chi connectivity index (χ1n) is 8.86. The van der Waals surface area contributed by atoms with E-state index in [4.69, 9.17) is 14.6 Å². The lowest BCUT2D eigenvalue weighted by Crippen LogP contribution is -2.54. The molecule has 2 aliphatic rings. The van der Waals surface area contributed by atoms with Gasteiger partial charge < -0.3 is 19.5 Å². The number of hydrogen-bond acceptors (Lipinski definition) is 4. The van der Waals surface area contributed by atoms with E-state index < -0.39 is 5.97 Å². The number of fused-ring (bicyclic) bond motifs is 1. The number of carboxylic acid groups (broad SMARTS) is 1. The summed E-state index contributed by atoms with van der Waals surface area (Å²) in [4.78, 5) is 25.7. The van der Waals surface area contributed by atoms with Crippen LogP contribution >= 0.6 is 0 Å². The maximum atomic E-state index is 13.1. The summed E-state index contributed by atoms with van der Waals surface area (Å²) in [5, 5.41) is 8.78. The normalized spacial score (nSPS) is 23.0. The Kier molecular flexibility index (Phi) is 5.27. The van der Waals surface area contributed by atoms with E-state index in [1.807, 2.05) is 18.7 Å². The molecule has 1 aliphatic carbocycles. The lowest BCUT2D eigenvalue weighted by atomic mass is 9.89. The minimum atomic E-state index is -1.02. The fourth-order valence-corrected chi connectivity index (χ4v) is 3.95. The van der Waals surface area contributed by atoms with Crippen LogP contribution in [0.1, 0.15) is 47.2 Å². The van der Waals surface area contributed by atoms with Gasteiger partial charge in [-0.1, -0.05) is 12.8 Å². The van der Waals surface area contributed by atoms with Gasteiger partial charge in [-0.15, -0.1) is 0 Å². The van der Waals surface area contributed by atoms with E-state index in [0.717, 1.165) is 36.8 Å². The van der Waals surface area contributed by atoms with E-state index in [-0.39, 0.29) is 24.7 Å². The lowest BCUT2D eigenvalue weighted by molar-refractivity contribution is -0.139. The van der Waals surface area contributed by atoms with E-state index >= 15 is 0 Å². The van der Waals surface area contributed by atoms with E-state index in [2.05, 4.69) is 0 Å². The average Bonchev–Trinajstić information content (AvgIpc) is 2.59. The number of aliphatic carboxylic acids is 1. The summed E-state index contributed by atoms with van der Waals surface area (Å²) in [5.41, 5.74) is 2.18. The van der Waals surface area contributed by atoms with E-state index in [1.165, 1.54) is 0 Å². The number of rotatable bonds is 4. The summed E-state index contributed by atoms with van der Waals surface area (Å²) in [6.07, 6.45) is 4.47. The molecule has 25 heavy (non-hydrogen) atoms. The largest absolute Gasteiger partial charge is 0.481 e. The predicted octanol–water partition coefficient (Wildman–Crippen LogP) is 2.55. The van der Waals surface area contributed by atoms with Gasteiger partial charge in [-0.05, 0) is 49.9 Å².